The predicted molar refractivity (Wildman–Crippen MR) is 120 cm³/mol. The molecule has 3 heterocycles. The van der Waals surface area contributed by atoms with Gasteiger partial charge in [-0.15, -0.1) is 0 Å². The van der Waals surface area contributed by atoms with E-state index in [2.05, 4.69) is 23.2 Å². The number of ether oxygens (including phenoxy) is 3. The first kappa shape index (κ1) is 23.1. The topological polar surface area (TPSA) is 93.2 Å². The van der Waals surface area contributed by atoms with E-state index < -0.39 is 0 Å². The van der Waals surface area contributed by atoms with E-state index in [1.807, 2.05) is 6.07 Å². The van der Waals surface area contributed by atoms with Crippen LogP contribution in [-0.2, 0) is 22.6 Å². The Labute approximate surface area is 183 Å². The lowest BCUT2D eigenvalue weighted by atomic mass is 9.98. The molecule has 0 atom stereocenters. The van der Waals surface area contributed by atoms with Crippen molar-refractivity contribution in [1.29, 1.82) is 0 Å². The molecule has 2 aliphatic rings. The van der Waals surface area contributed by atoms with Gasteiger partial charge in [-0.25, -0.2) is 4.98 Å². The molecule has 1 aromatic heterocycles. The van der Waals surface area contributed by atoms with Crippen molar-refractivity contribution in [3.8, 4) is 11.5 Å². The average Bonchev–Trinajstić information content (AvgIpc) is 3.31. The van der Waals surface area contributed by atoms with Crippen LogP contribution in [0.15, 0.2) is 12.1 Å². The fourth-order valence-corrected chi connectivity index (χ4v) is 4.23. The van der Waals surface area contributed by atoms with E-state index in [4.69, 9.17) is 29.1 Å². The van der Waals surface area contributed by atoms with Crippen molar-refractivity contribution < 1.29 is 24.1 Å². The number of hydrogen-bond acceptors (Lipinski definition) is 7. The third-order valence-electron chi connectivity index (χ3n) is 5.65. The van der Waals surface area contributed by atoms with E-state index >= 15 is 0 Å². The number of carbonyl (C=O) groups is 1. The van der Waals surface area contributed by atoms with Crippen LogP contribution in [0.2, 0.25) is 0 Å². The standard InChI is InChI=1S/C22H31N3O3.CH2O2/c1-3-23-22-18-15-27-12-7-16(18)17-13-20(26-2)21(14-19(17)24-22)28-11-6-10-25-8-4-5-9-25;2-1-3/h13-14H,3-12,15H2,1-2H3,(H,23,24);1H,(H,2,3). The molecule has 1 fully saturated rings. The molecule has 0 spiro atoms. The normalized spacial score (nSPS) is 15.7. The lowest BCUT2D eigenvalue weighted by Gasteiger charge is -2.22. The molecule has 1 saturated heterocycles. The highest BCUT2D eigenvalue weighted by Crippen LogP contribution is 2.37. The maximum atomic E-state index is 8.36. The Morgan fingerprint density at radius 1 is 1.26 bits per heavy atom. The van der Waals surface area contributed by atoms with Crippen LogP contribution in [0.1, 0.15) is 37.3 Å². The van der Waals surface area contributed by atoms with E-state index in [0.29, 0.717) is 13.2 Å². The molecule has 8 heteroatoms. The number of benzene rings is 1. The maximum Gasteiger partial charge on any atom is 0.290 e. The zero-order valence-corrected chi connectivity index (χ0v) is 18.5. The van der Waals surface area contributed by atoms with E-state index in [0.717, 1.165) is 60.8 Å². The SMILES string of the molecule is CCNc1nc2cc(OCCCN3CCCC3)c(OC)cc2c2c1COCC2.O=CO. The summed E-state index contributed by atoms with van der Waals surface area (Å²) in [5, 5.41) is 11.4. The molecule has 2 N–H and O–H groups in total. The van der Waals surface area contributed by atoms with Gasteiger partial charge in [-0.3, -0.25) is 4.79 Å². The van der Waals surface area contributed by atoms with E-state index in [1.165, 1.54) is 37.1 Å². The molecule has 170 valence electrons. The number of methoxy groups -OCH3 is 1. The molecule has 0 radical (unpaired) electrons. The second-order valence-electron chi connectivity index (χ2n) is 7.63. The van der Waals surface area contributed by atoms with Gasteiger partial charge in [0.15, 0.2) is 11.5 Å². The van der Waals surface area contributed by atoms with Crippen molar-refractivity contribution in [3.63, 3.8) is 0 Å². The van der Waals surface area contributed by atoms with Crippen molar-refractivity contribution in [3.05, 3.63) is 23.3 Å². The lowest BCUT2D eigenvalue weighted by molar-refractivity contribution is -0.122. The van der Waals surface area contributed by atoms with Crippen LogP contribution in [0.3, 0.4) is 0 Å². The van der Waals surface area contributed by atoms with Crippen LogP contribution in [0, 0.1) is 0 Å². The molecule has 0 saturated carbocycles. The third kappa shape index (κ3) is 5.77. The molecule has 0 bridgehead atoms. The molecule has 0 amide bonds. The van der Waals surface area contributed by atoms with Crippen LogP contribution in [0.4, 0.5) is 5.82 Å². The van der Waals surface area contributed by atoms with Crippen molar-refractivity contribution >= 4 is 23.2 Å². The minimum Gasteiger partial charge on any atom is -0.493 e. The fraction of sp³-hybridized carbons (Fsp3) is 0.565. The lowest BCUT2D eigenvalue weighted by Crippen LogP contribution is -2.22. The number of hydrogen-bond donors (Lipinski definition) is 2. The van der Waals surface area contributed by atoms with E-state index in [-0.39, 0.29) is 6.47 Å². The Hall–Kier alpha value is -2.58. The summed E-state index contributed by atoms with van der Waals surface area (Å²) in [6.07, 6.45) is 4.58. The maximum absolute atomic E-state index is 8.36. The second kappa shape index (κ2) is 11.7. The van der Waals surface area contributed by atoms with Gasteiger partial charge in [0.2, 0.25) is 0 Å². The summed E-state index contributed by atoms with van der Waals surface area (Å²) in [6, 6.07) is 4.11. The summed E-state index contributed by atoms with van der Waals surface area (Å²) in [5.41, 5.74) is 3.43. The Kier molecular flexibility index (Phi) is 8.73. The average molecular weight is 432 g/mol. The monoisotopic (exact) mass is 431 g/mol. The molecule has 1 aromatic carbocycles. The molecule has 31 heavy (non-hydrogen) atoms. The van der Waals surface area contributed by atoms with E-state index in [9.17, 15) is 0 Å². The molecule has 2 aliphatic heterocycles. The number of rotatable bonds is 8. The number of nitrogens with zero attached hydrogens (tertiary/aromatic N) is 2. The van der Waals surface area contributed by atoms with Crippen molar-refractivity contribution in [1.82, 2.24) is 9.88 Å². The third-order valence-corrected chi connectivity index (χ3v) is 5.65. The van der Waals surface area contributed by atoms with Gasteiger partial charge in [0.25, 0.3) is 6.47 Å². The van der Waals surface area contributed by atoms with Gasteiger partial charge >= 0.3 is 0 Å². The quantitative estimate of drug-likeness (QED) is 0.486. The van der Waals surface area contributed by atoms with Crippen molar-refractivity contribution in [2.75, 3.05) is 51.8 Å². The van der Waals surface area contributed by atoms with Gasteiger partial charge in [0.1, 0.15) is 5.82 Å². The van der Waals surface area contributed by atoms with Crippen LogP contribution >= 0.6 is 0 Å². The Morgan fingerprint density at radius 2 is 2.03 bits per heavy atom. The fourth-order valence-electron chi connectivity index (χ4n) is 4.23. The summed E-state index contributed by atoms with van der Waals surface area (Å²) in [7, 11) is 1.70. The molecule has 4 rings (SSSR count). The van der Waals surface area contributed by atoms with Crippen LogP contribution in [0.25, 0.3) is 10.9 Å². The zero-order valence-electron chi connectivity index (χ0n) is 18.5. The first-order chi connectivity index (χ1) is 15.2. The summed E-state index contributed by atoms with van der Waals surface area (Å²) in [5.74, 6) is 2.48. The number of fused-ring (bicyclic) bond motifs is 3. The highest BCUT2D eigenvalue weighted by atomic mass is 16.5. The first-order valence-electron chi connectivity index (χ1n) is 11.0. The molecule has 2 aromatic rings. The summed E-state index contributed by atoms with van der Waals surface area (Å²) in [6.45, 7) is 8.28. The molecular weight excluding hydrogens is 398 g/mol. The molecular formula is C23H33N3O5. The second-order valence-corrected chi connectivity index (χ2v) is 7.63. The van der Waals surface area contributed by atoms with Gasteiger partial charge in [0.05, 0.1) is 32.4 Å². The van der Waals surface area contributed by atoms with Gasteiger partial charge in [-0.2, -0.15) is 0 Å². The smallest absolute Gasteiger partial charge is 0.290 e. The van der Waals surface area contributed by atoms with Gasteiger partial charge in [-0.05, 0) is 57.3 Å². The predicted octanol–water partition coefficient (Wildman–Crippen LogP) is 3.31. The largest absolute Gasteiger partial charge is 0.493 e. The highest BCUT2D eigenvalue weighted by Gasteiger charge is 2.20. The van der Waals surface area contributed by atoms with Gasteiger partial charge in [0, 0.05) is 30.1 Å². The number of aromatic nitrogens is 1. The van der Waals surface area contributed by atoms with E-state index in [1.54, 1.807) is 7.11 Å². The number of likely N-dealkylation sites (tertiary alicyclic amines) is 1. The Bertz CT molecular complexity index is 868. The number of pyridine rings is 1. The number of carboxylic acid groups (broad SMARTS) is 1. The number of anilines is 1. The Morgan fingerprint density at radius 3 is 2.74 bits per heavy atom. The van der Waals surface area contributed by atoms with Gasteiger partial charge < -0.3 is 29.5 Å². The minimum absolute atomic E-state index is 0.250. The first-order valence-corrected chi connectivity index (χ1v) is 11.0. The van der Waals surface area contributed by atoms with Crippen molar-refractivity contribution in [2.45, 2.75) is 39.2 Å². The van der Waals surface area contributed by atoms with Crippen molar-refractivity contribution in [2.24, 2.45) is 0 Å². The molecule has 0 unspecified atom stereocenters. The molecule has 0 aliphatic carbocycles. The summed E-state index contributed by atoms with van der Waals surface area (Å²) >= 11 is 0. The van der Waals surface area contributed by atoms with Gasteiger partial charge in [-0.1, -0.05) is 0 Å². The minimum atomic E-state index is -0.250. The van der Waals surface area contributed by atoms with Crippen LogP contribution in [0.5, 0.6) is 11.5 Å². The van der Waals surface area contributed by atoms with Crippen LogP contribution < -0.4 is 14.8 Å². The van der Waals surface area contributed by atoms with Crippen LogP contribution in [-0.4, -0.2) is 68.0 Å². The Balaban J connectivity index is 0.000000858. The number of nitrogens with one attached hydrogen (secondary N) is 1. The summed E-state index contributed by atoms with van der Waals surface area (Å²) in [4.78, 5) is 15.7. The highest BCUT2D eigenvalue weighted by molar-refractivity contribution is 5.89. The molecule has 8 nitrogen and oxygen atoms in total. The zero-order chi connectivity index (χ0) is 22.1. The summed E-state index contributed by atoms with van der Waals surface area (Å²) < 4.78 is 17.4.